The maximum atomic E-state index is 6.14. The molecule has 3 nitrogen and oxygen atoms in total. The Balaban J connectivity index is 1.66. The molecule has 1 unspecified atom stereocenters. The number of ether oxygens (including phenoxy) is 3. The molecule has 0 amide bonds. The van der Waals surface area contributed by atoms with Crippen molar-refractivity contribution in [2.24, 2.45) is 5.92 Å². The van der Waals surface area contributed by atoms with Crippen molar-refractivity contribution in [3.63, 3.8) is 0 Å². The smallest absolute Gasteiger partial charge is 0.121 e. The van der Waals surface area contributed by atoms with E-state index in [9.17, 15) is 0 Å². The number of benzene rings is 1. The first kappa shape index (κ1) is 15.1. The van der Waals surface area contributed by atoms with Gasteiger partial charge in [0.2, 0.25) is 0 Å². The third-order valence-corrected chi connectivity index (χ3v) is 5.73. The Hall–Kier alpha value is 0.150. The Bertz CT molecular complexity index is 449. The van der Waals surface area contributed by atoms with Gasteiger partial charge in [-0.2, -0.15) is 0 Å². The summed E-state index contributed by atoms with van der Waals surface area (Å²) in [4.78, 5) is 0. The van der Waals surface area contributed by atoms with Crippen molar-refractivity contribution in [1.29, 1.82) is 0 Å². The SMILES string of the molecule is Brc1ccc(OCC2OCCO[C@@]2(CI)C2CC2)cc1. The van der Waals surface area contributed by atoms with E-state index in [1.165, 1.54) is 12.8 Å². The summed E-state index contributed by atoms with van der Waals surface area (Å²) in [5.74, 6) is 1.51. The highest BCUT2D eigenvalue weighted by molar-refractivity contribution is 14.1. The summed E-state index contributed by atoms with van der Waals surface area (Å²) < 4.78 is 20.0. The predicted molar refractivity (Wildman–Crippen MR) is 89.7 cm³/mol. The number of rotatable bonds is 5. The Morgan fingerprint density at radius 2 is 2.00 bits per heavy atom. The number of hydrogen-bond acceptors (Lipinski definition) is 3. The van der Waals surface area contributed by atoms with Gasteiger partial charge in [-0.25, -0.2) is 0 Å². The lowest BCUT2D eigenvalue weighted by Gasteiger charge is -2.42. The first-order valence-electron chi connectivity index (χ1n) is 6.94. The highest BCUT2D eigenvalue weighted by Gasteiger charge is 2.53. The van der Waals surface area contributed by atoms with Gasteiger partial charge in [-0.1, -0.05) is 38.5 Å². The van der Waals surface area contributed by atoms with Gasteiger partial charge in [0.15, 0.2) is 0 Å². The summed E-state index contributed by atoms with van der Waals surface area (Å²) in [6.07, 6.45) is 2.53. The van der Waals surface area contributed by atoms with Crippen LogP contribution in [0.2, 0.25) is 0 Å². The molecular weight excluding hydrogens is 435 g/mol. The zero-order chi connectivity index (χ0) is 14.0. The average molecular weight is 453 g/mol. The van der Waals surface area contributed by atoms with Gasteiger partial charge >= 0.3 is 0 Å². The molecule has 20 heavy (non-hydrogen) atoms. The van der Waals surface area contributed by atoms with Crippen molar-refractivity contribution >= 4 is 38.5 Å². The highest BCUT2D eigenvalue weighted by Crippen LogP contribution is 2.47. The number of hydrogen-bond donors (Lipinski definition) is 0. The van der Waals surface area contributed by atoms with Crippen LogP contribution in [0.1, 0.15) is 12.8 Å². The van der Waals surface area contributed by atoms with E-state index in [1.807, 2.05) is 24.3 Å². The molecule has 0 aromatic heterocycles. The summed E-state index contributed by atoms with van der Waals surface area (Å²) in [6, 6.07) is 7.91. The fraction of sp³-hybridized carbons (Fsp3) is 0.600. The largest absolute Gasteiger partial charge is 0.491 e. The van der Waals surface area contributed by atoms with Gasteiger partial charge in [-0.3, -0.25) is 0 Å². The normalized spacial score (nSPS) is 30.2. The third kappa shape index (κ3) is 3.15. The fourth-order valence-corrected chi connectivity index (χ4v) is 4.33. The maximum absolute atomic E-state index is 6.14. The van der Waals surface area contributed by atoms with Crippen molar-refractivity contribution in [3.05, 3.63) is 28.7 Å². The molecule has 110 valence electrons. The van der Waals surface area contributed by atoms with Gasteiger partial charge in [0.05, 0.1) is 13.2 Å². The molecule has 2 aliphatic rings. The molecule has 1 heterocycles. The molecule has 1 aliphatic carbocycles. The Morgan fingerprint density at radius 1 is 1.25 bits per heavy atom. The van der Waals surface area contributed by atoms with Gasteiger partial charge in [-0.05, 0) is 43.0 Å². The molecule has 1 saturated heterocycles. The van der Waals surface area contributed by atoms with Crippen LogP contribution in [0.25, 0.3) is 0 Å². The first-order chi connectivity index (χ1) is 9.74. The molecule has 1 saturated carbocycles. The minimum atomic E-state index is -0.145. The van der Waals surface area contributed by atoms with Gasteiger partial charge in [0.1, 0.15) is 24.1 Å². The highest BCUT2D eigenvalue weighted by atomic mass is 127. The van der Waals surface area contributed by atoms with Crippen LogP contribution < -0.4 is 4.74 Å². The molecule has 3 rings (SSSR count). The van der Waals surface area contributed by atoms with E-state index < -0.39 is 0 Å². The third-order valence-electron chi connectivity index (χ3n) is 4.01. The molecule has 1 aromatic rings. The van der Waals surface area contributed by atoms with E-state index in [2.05, 4.69) is 38.5 Å². The second-order valence-corrected chi connectivity index (χ2v) is 7.01. The lowest BCUT2D eigenvalue weighted by atomic mass is 9.92. The van der Waals surface area contributed by atoms with Crippen LogP contribution >= 0.6 is 38.5 Å². The van der Waals surface area contributed by atoms with E-state index in [0.29, 0.717) is 25.7 Å². The second-order valence-electron chi connectivity index (χ2n) is 5.34. The summed E-state index contributed by atoms with van der Waals surface area (Å²) in [6.45, 7) is 1.93. The molecular formula is C15H18BrIO3. The molecule has 2 fully saturated rings. The lowest BCUT2D eigenvalue weighted by Crippen LogP contribution is -2.56. The van der Waals surface area contributed by atoms with Crippen molar-refractivity contribution in [2.45, 2.75) is 24.5 Å². The topological polar surface area (TPSA) is 27.7 Å². The molecule has 5 heteroatoms. The Labute approximate surface area is 141 Å². The molecule has 1 aliphatic heterocycles. The van der Waals surface area contributed by atoms with Crippen molar-refractivity contribution < 1.29 is 14.2 Å². The van der Waals surface area contributed by atoms with Crippen LogP contribution in [-0.2, 0) is 9.47 Å². The van der Waals surface area contributed by atoms with E-state index >= 15 is 0 Å². The number of halogens is 2. The van der Waals surface area contributed by atoms with Crippen LogP contribution in [0.5, 0.6) is 5.75 Å². The second kappa shape index (κ2) is 6.50. The average Bonchev–Trinajstić information content (AvgIpc) is 3.32. The van der Waals surface area contributed by atoms with Crippen LogP contribution in [0.3, 0.4) is 0 Å². The summed E-state index contributed by atoms with van der Waals surface area (Å²) in [5.41, 5.74) is -0.145. The predicted octanol–water partition coefficient (Wildman–Crippen LogP) is 3.83. The molecule has 0 spiro atoms. The van der Waals surface area contributed by atoms with Crippen LogP contribution in [0.15, 0.2) is 28.7 Å². The molecule has 2 atom stereocenters. The van der Waals surface area contributed by atoms with Gasteiger partial charge in [0.25, 0.3) is 0 Å². The molecule has 1 aromatic carbocycles. The Morgan fingerprint density at radius 3 is 2.65 bits per heavy atom. The molecule has 0 N–H and O–H groups in total. The monoisotopic (exact) mass is 452 g/mol. The first-order valence-corrected chi connectivity index (χ1v) is 9.26. The summed E-state index contributed by atoms with van der Waals surface area (Å²) in [5, 5.41) is 0. The minimum absolute atomic E-state index is 0.0318. The van der Waals surface area contributed by atoms with Gasteiger partial charge < -0.3 is 14.2 Å². The van der Waals surface area contributed by atoms with Crippen molar-refractivity contribution in [2.75, 3.05) is 24.2 Å². The summed E-state index contributed by atoms with van der Waals surface area (Å²) >= 11 is 5.85. The van der Waals surface area contributed by atoms with Gasteiger partial charge in [-0.15, -0.1) is 0 Å². The van der Waals surface area contributed by atoms with Crippen LogP contribution in [0.4, 0.5) is 0 Å². The van der Waals surface area contributed by atoms with E-state index in [4.69, 9.17) is 14.2 Å². The lowest BCUT2D eigenvalue weighted by molar-refractivity contribution is -0.208. The van der Waals surface area contributed by atoms with Crippen molar-refractivity contribution in [3.8, 4) is 5.75 Å². The molecule has 0 radical (unpaired) electrons. The summed E-state index contributed by atoms with van der Waals surface area (Å²) in [7, 11) is 0. The zero-order valence-corrected chi connectivity index (χ0v) is 14.9. The minimum Gasteiger partial charge on any atom is -0.491 e. The van der Waals surface area contributed by atoms with E-state index in [0.717, 1.165) is 14.6 Å². The zero-order valence-electron chi connectivity index (χ0n) is 11.2. The molecule has 0 bridgehead atoms. The van der Waals surface area contributed by atoms with Crippen molar-refractivity contribution in [1.82, 2.24) is 0 Å². The van der Waals surface area contributed by atoms with Gasteiger partial charge in [0, 0.05) is 8.90 Å². The fourth-order valence-electron chi connectivity index (χ4n) is 2.73. The Kier molecular flexibility index (Phi) is 4.90. The quantitative estimate of drug-likeness (QED) is 0.502. The van der Waals surface area contributed by atoms with Crippen LogP contribution in [0, 0.1) is 5.92 Å². The number of alkyl halides is 1. The maximum Gasteiger partial charge on any atom is 0.121 e. The van der Waals surface area contributed by atoms with E-state index in [-0.39, 0.29) is 11.7 Å². The standard InChI is InChI=1S/C15H18BrIO3/c16-12-3-5-13(6-4-12)19-9-14-15(10-17,11-1-2-11)20-8-7-18-14/h3-6,11,14H,1-2,7-10H2/t14?,15-/m0/s1. The van der Waals surface area contributed by atoms with E-state index in [1.54, 1.807) is 0 Å². The van der Waals surface area contributed by atoms with Crippen LogP contribution in [-0.4, -0.2) is 36.0 Å².